The predicted octanol–water partition coefficient (Wildman–Crippen LogP) is 3.12. The van der Waals surface area contributed by atoms with Gasteiger partial charge in [-0.25, -0.2) is 8.78 Å². The minimum atomic E-state index is -1.06. The van der Waals surface area contributed by atoms with Crippen LogP contribution in [0.25, 0.3) is 0 Å². The molecule has 0 bridgehead atoms. The van der Waals surface area contributed by atoms with Crippen LogP contribution in [0.15, 0.2) is 42.5 Å². The number of amides is 3. The molecule has 160 valence electrons. The number of nitrogens with zero attached hydrogens (tertiary/aromatic N) is 1. The topological polar surface area (TPSA) is 78.5 Å². The van der Waals surface area contributed by atoms with E-state index in [1.807, 2.05) is 19.1 Å². The van der Waals surface area contributed by atoms with Crippen molar-refractivity contribution in [1.29, 1.82) is 0 Å². The fraction of sp³-hybridized carbons (Fsp3) is 0.318. The summed E-state index contributed by atoms with van der Waals surface area (Å²) in [7, 11) is 1.42. The number of halogens is 2. The van der Waals surface area contributed by atoms with Gasteiger partial charge in [-0.05, 0) is 37.1 Å². The number of nitrogens with one attached hydrogen (secondary N) is 2. The first-order chi connectivity index (χ1) is 14.1. The molecule has 2 N–H and O–H groups in total. The van der Waals surface area contributed by atoms with Gasteiger partial charge in [0.1, 0.15) is 23.2 Å². The number of anilines is 1. The van der Waals surface area contributed by atoms with E-state index in [1.165, 1.54) is 7.05 Å². The molecule has 6 nitrogen and oxygen atoms in total. The van der Waals surface area contributed by atoms with E-state index < -0.39 is 41.0 Å². The van der Waals surface area contributed by atoms with Gasteiger partial charge in [-0.1, -0.05) is 37.6 Å². The van der Waals surface area contributed by atoms with Crippen molar-refractivity contribution in [3.63, 3.8) is 0 Å². The standard InChI is InChI=1S/C22H25F2N3O3/c1-13(2)20(26-21(29)19-16(23)6-5-7-17(19)24)22(30)27(4)12-18(28)25-15-10-8-14(3)9-11-15/h5-11,13,20H,12H2,1-4H3,(H,25,28)(H,26,29). The number of carbonyl (C=O) groups excluding carboxylic acids is 3. The third-order valence-electron chi connectivity index (χ3n) is 4.50. The summed E-state index contributed by atoms with van der Waals surface area (Å²) in [6.45, 7) is 5.03. The van der Waals surface area contributed by atoms with Gasteiger partial charge in [-0.2, -0.15) is 0 Å². The van der Waals surface area contributed by atoms with E-state index in [2.05, 4.69) is 10.6 Å². The maximum absolute atomic E-state index is 13.9. The molecule has 2 rings (SSSR count). The first-order valence-corrected chi connectivity index (χ1v) is 9.46. The Kier molecular flexibility index (Phi) is 7.63. The van der Waals surface area contributed by atoms with Crippen molar-refractivity contribution in [3.8, 4) is 0 Å². The second-order valence-corrected chi connectivity index (χ2v) is 7.40. The van der Waals surface area contributed by atoms with Gasteiger partial charge >= 0.3 is 0 Å². The number of likely N-dealkylation sites (N-methyl/N-ethyl adjacent to an activating group) is 1. The second-order valence-electron chi connectivity index (χ2n) is 7.40. The zero-order valence-electron chi connectivity index (χ0n) is 17.3. The largest absolute Gasteiger partial charge is 0.340 e. The highest BCUT2D eigenvalue weighted by Crippen LogP contribution is 2.14. The van der Waals surface area contributed by atoms with Crippen LogP contribution in [0, 0.1) is 24.5 Å². The predicted molar refractivity (Wildman–Crippen MR) is 110 cm³/mol. The molecule has 30 heavy (non-hydrogen) atoms. The highest BCUT2D eigenvalue weighted by molar-refractivity contribution is 5.99. The molecule has 0 radical (unpaired) electrons. The average molecular weight is 417 g/mol. The van der Waals surface area contributed by atoms with E-state index in [0.29, 0.717) is 5.69 Å². The average Bonchev–Trinajstić information content (AvgIpc) is 2.67. The normalized spacial score (nSPS) is 11.7. The second kappa shape index (κ2) is 9.96. The van der Waals surface area contributed by atoms with Crippen LogP contribution in [0.1, 0.15) is 29.8 Å². The summed E-state index contributed by atoms with van der Waals surface area (Å²) in [5.74, 6) is -4.41. The van der Waals surface area contributed by atoms with E-state index in [1.54, 1.807) is 26.0 Å². The van der Waals surface area contributed by atoms with Crippen molar-refractivity contribution in [2.75, 3.05) is 18.9 Å². The molecule has 2 aromatic carbocycles. The maximum Gasteiger partial charge on any atom is 0.257 e. The van der Waals surface area contributed by atoms with E-state index >= 15 is 0 Å². The minimum absolute atomic E-state index is 0.250. The Balaban J connectivity index is 2.05. The summed E-state index contributed by atoms with van der Waals surface area (Å²) in [4.78, 5) is 38.6. The van der Waals surface area contributed by atoms with Gasteiger partial charge in [0.15, 0.2) is 0 Å². The van der Waals surface area contributed by atoms with Crippen molar-refractivity contribution in [3.05, 3.63) is 65.2 Å². The Morgan fingerprint density at radius 2 is 1.57 bits per heavy atom. The van der Waals surface area contributed by atoms with Crippen LogP contribution in [-0.2, 0) is 9.59 Å². The number of benzene rings is 2. The molecule has 0 aromatic heterocycles. The van der Waals surface area contributed by atoms with Gasteiger partial charge in [0.25, 0.3) is 5.91 Å². The molecule has 0 heterocycles. The summed E-state index contributed by atoms with van der Waals surface area (Å²) in [6.07, 6.45) is 0. The van der Waals surface area contributed by atoms with Crippen molar-refractivity contribution < 1.29 is 23.2 Å². The lowest BCUT2D eigenvalue weighted by molar-refractivity contribution is -0.135. The molecule has 1 unspecified atom stereocenters. The number of hydrogen-bond donors (Lipinski definition) is 2. The molecule has 0 aliphatic carbocycles. The quantitative estimate of drug-likeness (QED) is 0.727. The van der Waals surface area contributed by atoms with Crippen molar-refractivity contribution in [2.24, 2.45) is 5.92 Å². The molecule has 0 saturated carbocycles. The molecule has 3 amide bonds. The Labute approximate surface area is 174 Å². The monoisotopic (exact) mass is 417 g/mol. The van der Waals surface area contributed by atoms with Gasteiger partial charge in [-0.15, -0.1) is 0 Å². The first-order valence-electron chi connectivity index (χ1n) is 9.46. The Bertz CT molecular complexity index is 909. The van der Waals surface area contributed by atoms with Crippen LogP contribution in [0.2, 0.25) is 0 Å². The minimum Gasteiger partial charge on any atom is -0.340 e. The summed E-state index contributed by atoms with van der Waals surface area (Å²) in [6, 6.07) is 9.19. The molecule has 0 spiro atoms. The molecular formula is C22H25F2N3O3. The van der Waals surface area contributed by atoms with Crippen LogP contribution in [0.3, 0.4) is 0 Å². The van der Waals surface area contributed by atoms with Crippen molar-refractivity contribution in [2.45, 2.75) is 26.8 Å². The summed E-state index contributed by atoms with van der Waals surface area (Å²) < 4.78 is 27.7. The zero-order valence-corrected chi connectivity index (χ0v) is 17.3. The van der Waals surface area contributed by atoms with Crippen LogP contribution in [0.5, 0.6) is 0 Å². The highest BCUT2D eigenvalue weighted by atomic mass is 19.1. The maximum atomic E-state index is 13.9. The lowest BCUT2D eigenvalue weighted by atomic mass is 10.0. The highest BCUT2D eigenvalue weighted by Gasteiger charge is 2.30. The Morgan fingerprint density at radius 1 is 1.00 bits per heavy atom. The van der Waals surface area contributed by atoms with Crippen LogP contribution < -0.4 is 10.6 Å². The molecule has 0 aliphatic heterocycles. The van der Waals surface area contributed by atoms with Crippen LogP contribution in [-0.4, -0.2) is 42.3 Å². The number of carbonyl (C=O) groups is 3. The fourth-order valence-electron chi connectivity index (χ4n) is 2.81. The molecular weight excluding hydrogens is 392 g/mol. The van der Waals surface area contributed by atoms with Gasteiger partial charge in [0, 0.05) is 12.7 Å². The molecule has 0 saturated heterocycles. The van der Waals surface area contributed by atoms with E-state index in [4.69, 9.17) is 0 Å². The number of hydrogen-bond acceptors (Lipinski definition) is 3. The fourth-order valence-corrected chi connectivity index (χ4v) is 2.81. The molecule has 0 aliphatic rings. The third-order valence-corrected chi connectivity index (χ3v) is 4.50. The number of rotatable bonds is 7. The Hall–Kier alpha value is -3.29. The lowest BCUT2D eigenvalue weighted by Gasteiger charge is -2.27. The van der Waals surface area contributed by atoms with Crippen LogP contribution >= 0.6 is 0 Å². The first kappa shape index (κ1) is 23.0. The Morgan fingerprint density at radius 3 is 2.10 bits per heavy atom. The van der Waals surface area contributed by atoms with Gasteiger partial charge in [0.2, 0.25) is 11.8 Å². The smallest absolute Gasteiger partial charge is 0.257 e. The van der Waals surface area contributed by atoms with Gasteiger partial charge in [-0.3, -0.25) is 14.4 Å². The van der Waals surface area contributed by atoms with Gasteiger partial charge in [0.05, 0.1) is 6.54 Å². The molecule has 0 fully saturated rings. The van der Waals surface area contributed by atoms with Crippen LogP contribution in [0.4, 0.5) is 14.5 Å². The number of aryl methyl sites for hydroxylation is 1. The summed E-state index contributed by atoms with van der Waals surface area (Å²) in [5, 5.41) is 5.07. The van der Waals surface area contributed by atoms with Crippen molar-refractivity contribution in [1.82, 2.24) is 10.2 Å². The van der Waals surface area contributed by atoms with E-state index in [9.17, 15) is 23.2 Å². The van der Waals surface area contributed by atoms with Crippen molar-refractivity contribution >= 4 is 23.4 Å². The zero-order chi connectivity index (χ0) is 22.4. The molecule has 8 heteroatoms. The van der Waals surface area contributed by atoms with Gasteiger partial charge < -0.3 is 15.5 Å². The van der Waals surface area contributed by atoms with E-state index in [0.717, 1.165) is 28.7 Å². The molecule has 1 atom stereocenters. The summed E-state index contributed by atoms with van der Waals surface area (Å²) in [5.41, 5.74) is 0.882. The SMILES string of the molecule is Cc1ccc(NC(=O)CN(C)C(=O)C(NC(=O)c2c(F)cccc2F)C(C)C)cc1. The summed E-state index contributed by atoms with van der Waals surface area (Å²) >= 11 is 0. The molecule has 2 aromatic rings. The van der Waals surface area contributed by atoms with E-state index in [-0.39, 0.29) is 12.5 Å². The third kappa shape index (κ3) is 5.85. The lowest BCUT2D eigenvalue weighted by Crippen LogP contribution is -2.51.